The first-order chi connectivity index (χ1) is 9.20. The second-order valence-corrected chi connectivity index (χ2v) is 5.78. The van der Waals surface area contributed by atoms with Crippen LogP contribution in [0.1, 0.15) is 25.7 Å². The standard InChI is InChI=1S/C13H20BrN3O2/c1-19-10-12-4-2-3-6-17(12)13(18)5-7-16-9-11(14)8-15-16/h8-9,12H,2-7,10H2,1H3. The number of piperidine rings is 1. The highest BCUT2D eigenvalue weighted by Gasteiger charge is 2.26. The van der Waals surface area contributed by atoms with Crippen LogP contribution in [0.3, 0.4) is 0 Å². The molecule has 0 bridgehead atoms. The minimum absolute atomic E-state index is 0.202. The molecule has 106 valence electrons. The van der Waals surface area contributed by atoms with E-state index in [1.807, 2.05) is 11.1 Å². The van der Waals surface area contributed by atoms with Crippen LogP contribution in [-0.2, 0) is 16.1 Å². The van der Waals surface area contributed by atoms with Crippen LogP contribution in [0, 0.1) is 0 Å². The summed E-state index contributed by atoms with van der Waals surface area (Å²) >= 11 is 3.35. The maximum Gasteiger partial charge on any atom is 0.224 e. The van der Waals surface area contributed by atoms with E-state index >= 15 is 0 Å². The Morgan fingerprint density at radius 1 is 1.58 bits per heavy atom. The summed E-state index contributed by atoms with van der Waals surface area (Å²) in [6.45, 7) is 2.12. The Labute approximate surface area is 122 Å². The van der Waals surface area contributed by atoms with E-state index in [0.717, 1.165) is 23.9 Å². The third kappa shape index (κ3) is 4.04. The lowest BCUT2D eigenvalue weighted by Gasteiger charge is -2.35. The van der Waals surface area contributed by atoms with E-state index in [2.05, 4.69) is 21.0 Å². The fourth-order valence-electron chi connectivity index (χ4n) is 2.51. The Morgan fingerprint density at radius 2 is 2.42 bits per heavy atom. The molecule has 1 amide bonds. The van der Waals surface area contributed by atoms with Crippen molar-refractivity contribution in [3.8, 4) is 0 Å². The van der Waals surface area contributed by atoms with Gasteiger partial charge >= 0.3 is 0 Å². The number of rotatable bonds is 5. The molecule has 0 saturated carbocycles. The van der Waals surface area contributed by atoms with E-state index in [-0.39, 0.29) is 11.9 Å². The van der Waals surface area contributed by atoms with Crippen LogP contribution in [0.15, 0.2) is 16.9 Å². The smallest absolute Gasteiger partial charge is 0.224 e. The molecule has 1 saturated heterocycles. The Hall–Kier alpha value is -0.880. The van der Waals surface area contributed by atoms with Gasteiger partial charge in [0, 0.05) is 32.8 Å². The number of hydrogen-bond donors (Lipinski definition) is 0. The number of carbonyl (C=O) groups is 1. The molecule has 0 aromatic carbocycles. The summed E-state index contributed by atoms with van der Waals surface area (Å²) in [6.07, 6.45) is 7.44. The first-order valence-corrected chi connectivity index (χ1v) is 7.46. The maximum absolute atomic E-state index is 12.3. The van der Waals surface area contributed by atoms with Crippen molar-refractivity contribution in [2.24, 2.45) is 0 Å². The van der Waals surface area contributed by atoms with Crippen LogP contribution in [0.5, 0.6) is 0 Å². The second kappa shape index (κ2) is 7.05. The summed E-state index contributed by atoms with van der Waals surface area (Å²) in [7, 11) is 1.69. The molecule has 1 aliphatic rings. The number of aromatic nitrogens is 2. The van der Waals surface area contributed by atoms with Gasteiger partial charge in [-0.15, -0.1) is 0 Å². The number of nitrogens with zero attached hydrogens (tertiary/aromatic N) is 3. The van der Waals surface area contributed by atoms with E-state index in [1.165, 1.54) is 6.42 Å². The van der Waals surface area contributed by atoms with Crippen molar-refractivity contribution in [1.29, 1.82) is 0 Å². The van der Waals surface area contributed by atoms with Crippen molar-refractivity contribution in [2.75, 3.05) is 20.3 Å². The normalized spacial score (nSPS) is 19.7. The largest absolute Gasteiger partial charge is 0.383 e. The summed E-state index contributed by atoms with van der Waals surface area (Å²) < 4.78 is 7.94. The molecule has 0 aliphatic carbocycles. The lowest BCUT2D eigenvalue weighted by Crippen LogP contribution is -2.46. The van der Waals surface area contributed by atoms with Crippen LogP contribution >= 0.6 is 15.9 Å². The van der Waals surface area contributed by atoms with E-state index in [1.54, 1.807) is 18.0 Å². The monoisotopic (exact) mass is 329 g/mol. The minimum Gasteiger partial charge on any atom is -0.383 e. The van der Waals surface area contributed by atoms with E-state index in [4.69, 9.17) is 4.74 Å². The molecule has 1 fully saturated rings. The highest BCUT2D eigenvalue weighted by Crippen LogP contribution is 2.18. The number of carbonyl (C=O) groups excluding carboxylic acids is 1. The average molecular weight is 330 g/mol. The molecule has 6 heteroatoms. The Morgan fingerprint density at radius 3 is 3.11 bits per heavy atom. The summed E-state index contributed by atoms with van der Waals surface area (Å²) in [5, 5.41) is 4.16. The van der Waals surface area contributed by atoms with Crippen molar-refractivity contribution in [2.45, 2.75) is 38.3 Å². The van der Waals surface area contributed by atoms with Crippen LogP contribution in [0.4, 0.5) is 0 Å². The van der Waals surface area contributed by atoms with Gasteiger partial charge in [-0.1, -0.05) is 0 Å². The molecule has 1 aromatic heterocycles. The number of likely N-dealkylation sites (tertiary alicyclic amines) is 1. The van der Waals surface area contributed by atoms with Crippen LogP contribution in [0.25, 0.3) is 0 Å². The fourth-order valence-corrected chi connectivity index (χ4v) is 2.84. The van der Waals surface area contributed by atoms with E-state index in [9.17, 15) is 4.79 Å². The molecule has 2 rings (SSSR count). The van der Waals surface area contributed by atoms with Gasteiger partial charge in [0.15, 0.2) is 0 Å². The van der Waals surface area contributed by atoms with Gasteiger partial charge in [0.2, 0.25) is 5.91 Å². The van der Waals surface area contributed by atoms with Gasteiger partial charge in [0.1, 0.15) is 0 Å². The Balaban J connectivity index is 1.86. The summed E-state index contributed by atoms with van der Waals surface area (Å²) in [6, 6.07) is 0.246. The predicted molar refractivity (Wildman–Crippen MR) is 75.8 cm³/mol. The van der Waals surface area contributed by atoms with Gasteiger partial charge in [-0.3, -0.25) is 9.48 Å². The topological polar surface area (TPSA) is 47.4 Å². The van der Waals surface area contributed by atoms with Gasteiger partial charge in [-0.25, -0.2) is 0 Å². The summed E-state index contributed by atoms with van der Waals surface area (Å²) in [5.74, 6) is 0.202. The minimum atomic E-state index is 0.202. The van der Waals surface area contributed by atoms with Crippen molar-refractivity contribution < 1.29 is 9.53 Å². The highest BCUT2D eigenvalue weighted by molar-refractivity contribution is 9.10. The van der Waals surface area contributed by atoms with Gasteiger partial charge in [0.25, 0.3) is 0 Å². The molecule has 1 aliphatic heterocycles. The molecular formula is C13H20BrN3O2. The predicted octanol–water partition coefficient (Wildman–Crippen LogP) is 2.06. The SMILES string of the molecule is COCC1CCCCN1C(=O)CCn1cc(Br)cn1. The lowest BCUT2D eigenvalue weighted by molar-refractivity contribution is -0.136. The molecule has 1 atom stereocenters. The lowest BCUT2D eigenvalue weighted by atomic mass is 10.0. The van der Waals surface area contributed by atoms with Gasteiger partial charge in [-0.2, -0.15) is 5.10 Å². The Bertz CT molecular complexity index is 420. The first-order valence-electron chi connectivity index (χ1n) is 6.67. The van der Waals surface area contributed by atoms with Crippen LogP contribution in [0.2, 0.25) is 0 Å². The van der Waals surface area contributed by atoms with Crippen LogP contribution < -0.4 is 0 Å². The van der Waals surface area contributed by atoms with E-state index < -0.39 is 0 Å². The number of amides is 1. The molecule has 0 spiro atoms. The maximum atomic E-state index is 12.3. The average Bonchev–Trinajstić information content (AvgIpc) is 2.83. The zero-order valence-corrected chi connectivity index (χ0v) is 12.8. The highest BCUT2D eigenvalue weighted by atomic mass is 79.9. The Kier molecular flexibility index (Phi) is 5.39. The van der Waals surface area contributed by atoms with Gasteiger partial charge < -0.3 is 9.64 Å². The molecular weight excluding hydrogens is 310 g/mol. The summed E-state index contributed by atoms with van der Waals surface area (Å²) in [4.78, 5) is 14.3. The number of aryl methyl sites for hydroxylation is 1. The zero-order valence-electron chi connectivity index (χ0n) is 11.2. The van der Waals surface area contributed by atoms with Crippen molar-refractivity contribution in [3.63, 3.8) is 0 Å². The number of hydrogen-bond acceptors (Lipinski definition) is 3. The number of halogens is 1. The zero-order chi connectivity index (χ0) is 13.7. The number of methoxy groups -OCH3 is 1. The first kappa shape index (κ1) is 14.5. The molecule has 0 N–H and O–H groups in total. The number of ether oxygens (including phenoxy) is 1. The molecule has 2 heterocycles. The quantitative estimate of drug-likeness (QED) is 0.830. The summed E-state index contributed by atoms with van der Waals surface area (Å²) in [5.41, 5.74) is 0. The fraction of sp³-hybridized carbons (Fsp3) is 0.692. The third-order valence-corrected chi connectivity index (χ3v) is 3.87. The second-order valence-electron chi connectivity index (χ2n) is 4.86. The molecule has 1 aromatic rings. The molecule has 5 nitrogen and oxygen atoms in total. The van der Waals surface area contributed by atoms with Crippen molar-refractivity contribution in [3.05, 3.63) is 16.9 Å². The van der Waals surface area contributed by atoms with Gasteiger partial charge in [0.05, 0.1) is 23.3 Å². The molecule has 0 radical (unpaired) electrons. The van der Waals surface area contributed by atoms with Crippen LogP contribution in [-0.4, -0.2) is 46.9 Å². The molecule has 1 unspecified atom stereocenters. The van der Waals surface area contributed by atoms with E-state index in [0.29, 0.717) is 19.6 Å². The molecule has 19 heavy (non-hydrogen) atoms. The van der Waals surface area contributed by atoms with Crippen molar-refractivity contribution >= 4 is 21.8 Å². The van der Waals surface area contributed by atoms with Gasteiger partial charge in [-0.05, 0) is 35.2 Å². The third-order valence-electron chi connectivity index (χ3n) is 3.46. The van der Waals surface area contributed by atoms with Crippen molar-refractivity contribution in [1.82, 2.24) is 14.7 Å².